The van der Waals surface area contributed by atoms with Gasteiger partial charge in [-0.25, -0.2) is 8.42 Å². The molecule has 1 saturated heterocycles. The molecule has 1 fully saturated rings. The summed E-state index contributed by atoms with van der Waals surface area (Å²) < 4.78 is 28.8. The summed E-state index contributed by atoms with van der Waals surface area (Å²) in [7, 11) is -3.88. The number of β-amino-alcohol motifs (C(OH)–C–C–N with tert-alkyl or cyclic N) is 1. The lowest BCUT2D eigenvalue weighted by Crippen LogP contribution is -2.55. The van der Waals surface area contributed by atoms with Crippen molar-refractivity contribution in [1.82, 2.24) is 9.21 Å². The van der Waals surface area contributed by atoms with E-state index in [1.165, 1.54) is 4.31 Å². The summed E-state index contributed by atoms with van der Waals surface area (Å²) in [6, 6.07) is 12.3. The summed E-state index contributed by atoms with van der Waals surface area (Å²) in [5, 5.41) is 10.0. The summed E-state index contributed by atoms with van der Waals surface area (Å²) in [5.41, 5.74) is 3.45. The predicted molar refractivity (Wildman–Crippen MR) is 114 cm³/mol. The van der Waals surface area contributed by atoms with E-state index >= 15 is 0 Å². The Bertz CT molecular complexity index is 1070. The van der Waals surface area contributed by atoms with E-state index in [4.69, 9.17) is 0 Å². The van der Waals surface area contributed by atoms with E-state index in [1.54, 1.807) is 24.0 Å². The second-order valence-electron chi connectivity index (χ2n) is 8.39. The Labute approximate surface area is 178 Å². The third-order valence-electron chi connectivity index (χ3n) is 6.13. The monoisotopic (exact) mass is 428 g/mol. The molecule has 0 aromatic heterocycles. The quantitative estimate of drug-likeness (QED) is 0.814. The number of likely N-dealkylation sites (tertiary alicyclic amines) is 1. The van der Waals surface area contributed by atoms with Gasteiger partial charge in [0.1, 0.15) is 6.04 Å². The van der Waals surface area contributed by atoms with Crippen molar-refractivity contribution in [1.29, 1.82) is 0 Å². The molecule has 2 aromatic rings. The highest BCUT2D eigenvalue weighted by molar-refractivity contribution is 7.89. The Balaban J connectivity index is 1.76. The first kappa shape index (κ1) is 21.0. The zero-order valence-corrected chi connectivity index (χ0v) is 18.2. The van der Waals surface area contributed by atoms with Gasteiger partial charge in [0, 0.05) is 19.6 Å². The van der Waals surface area contributed by atoms with Gasteiger partial charge in [0.25, 0.3) is 0 Å². The van der Waals surface area contributed by atoms with Crippen LogP contribution in [0.2, 0.25) is 0 Å². The number of sulfonamides is 1. The lowest BCUT2D eigenvalue weighted by molar-refractivity contribution is -0.138. The van der Waals surface area contributed by atoms with Crippen LogP contribution in [0.3, 0.4) is 0 Å². The summed E-state index contributed by atoms with van der Waals surface area (Å²) in [4.78, 5) is 15.3. The zero-order valence-electron chi connectivity index (χ0n) is 17.4. The summed E-state index contributed by atoms with van der Waals surface area (Å²) in [6.45, 7) is 4.61. The molecular weight excluding hydrogens is 400 g/mol. The second kappa shape index (κ2) is 8.13. The number of carbonyl (C=O) groups is 1. The minimum atomic E-state index is -3.88. The fraction of sp³-hybridized carbons (Fsp3) is 0.435. The smallest absolute Gasteiger partial charge is 0.244 e. The number of aryl methyl sites for hydroxylation is 2. The number of benzene rings is 2. The molecule has 0 spiro atoms. The molecule has 2 aliphatic heterocycles. The van der Waals surface area contributed by atoms with Crippen LogP contribution in [0.1, 0.15) is 35.1 Å². The molecule has 1 amide bonds. The molecule has 6 nitrogen and oxygen atoms in total. The number of rotatable bonds is 3. The molecule has 1 N–H and O–H groups in total. The molecular formula is C23H28N2O4S. The van der Waals surface area contributed by atoms with Gasteiger partial charge >= 0.3 is 0 Å². The van der Waals surface area contributed by atoms with Crippen molar-refractivity contribution in [2.45, 2.75) is 56.7 Å². The largest absolute Gasteiger partial charge is 0.391 e. The van der Waals surface area contributed by atoms with Gasteiger partial charge in [-0.2, -0.15) is 4.31 Å². The number of hydrogen-bond acceptors (Lipinski definition) is 4. The first-order chi connectivity index (χ1) is 14.3. The number of piperidine rings is 1. The van der Waals surface area contributed by atoms with Crippen LogP contribution in [-0.2, 0) is 27.8 Å². The van der Waals surface area contributed by atoms with Crippen LogP contribution in [0.15, 0.2) is 47.4 Å². The minimum absolute atomic E-state index is 0.165. The third kappa shape index (κ3) is 3.89. The Morgan fingerprint density at radius 2 is 1.83 bits per heavy atom. The van der Waals surface area contributed by atoms with E-state index in [2.05, 4.69) is 0 Å². The van der Waals surface area contributed by atoms with Crippen LogP contribution in [0, 0.1) is 13.8 Å². The average Bonchev–Trinajstić information content (AvgIpc) is 2.74. The van der Waals surface area contributed by atoms with Gasteiger partial charge < -0.3 is 10.0 Å². The normalized spacial score (nSPS) is 22.6. The number of fused-ring (bicyclic) bond motifs is 1. The van der Waals surface area contributed by atoms with E-state index < -0.39 is 22.2 Å². The van der Waals surface area contributed by atoms with E-state index in [0.29, 0.717) is 24.9 Å². The average molecular weight is 429 g/mol. The minimum Gasteiger partial charge on any atom is -0.391 e. The summed E-state index contributed by atoms with van der Waals surface area (Å²) in [6.07, 6.45) is 1.18. The Morgan fingerprint density at radius 3 is 2.57 bits per heavy atom. The van der Waals surface area contributed by atoms with Gasteiger partial charge in [0.15, 0.2) is 0 Å². The number of aliphatic hydroxyl groups excluding tert-OH is 1. The first-order valence-corrected chi connectivity index (χ1v) is 11.8. The van der Waals surface area contributed by atoms with Crippen molar-refractivity contribution in [3.63, 3.8) is 0 Å². The van der Waals surface area contributed by atoms with Crippen LogP contribution in [0.4, 0.5) is 0 Å². The molecule has 2 heterocycles. The van der Waals surface area contributed by atoms with Crippen molar-refractivity contribution < 1.29 is 18.3 Å². The number of amides is 1. The Kier molecular flexibility index (Phi) is 5.70. The van der Waals surface area contributed by atoms with Gasteiger partial charge in [-0.15, -0.1) is 0 Å². The van der Waals surface area contributed by atoms with Crippen molar-refractivity contribution in [2.24, 2.45) is 0 Å². The van der Waals surface area contributed by atoms with E-state index in [-0.39, 0.29) is 23.9 Å². The van der Waals surface area contributed by atoms with Crippen LogP contribution < -0.4 is 0 Å². The maximum absolute atomic E-state index is 13.7. The Morgan fingerprint density at radius 1 is 1.10 bits per heavy atom. The lowest BCUT2D eigenvalue weighted by atomic mass is 9.94. The van der Waals surface area contributed by atoms with E-state index in [1.807, 2.05) is 37.3 Å². The fourth-order valence-corrected chi connectivity index (χ4v) is 6.31. The van der Waals surface area contributed by atoms with Gasteiger partial charge in [-0.3, -0.25) is 4.79 Å². The second-order valence-corrected chi connectivity index (χ2v) is 10.2. The van der Waals surface area contributed by atoms with Crippen LogP contribution in [0.25, 0.3) is 0 Å². The van der Waals surface area contributed by atoms with Crippen molar-refractivity contribution in [2.75, 3.05) is 13.1 Å². The number of nitrogens with zero attached hydrogens (tertiary/aromatic N) is 2. The maximum Gasteiger partial charge on any atom is 0.244 e. The maximum atomic E-state index is 13.7. The number of hydrogen-bond donors (Lipinski definition) is 1. The molecule has 7 heteroatoms. The fourth-order valence-electron chi connectivity index (χ4n) is 4.44. The lowest BCUT2D eigenvalue weighted by Gasteiger charge is -2.39. The van der Waals surface area contributed by atoms with E-state index in [0.717, 1.165) is 23.1 Å². The van der Waals surface area contributed by atoms with Crippen molar-refractivity contribution in [3.8, 4) is 0 Å². The molecule has 2 unspecified atom stereocenters. The molecule has 2 aliphatic rings. The molecule has 30 heavy (non-hydrogen) atoms. The number of carbonyl (C=O) groups excluding carboxylic acids is 1. The predicted octanol–water partition coefficient (Wildman–Crippen LogP) is 2.40. The highest BCUT2D eigenvalue weighted by Crippen LogP contribution is 2.32. The highest BCUT2D eigenvalue weighted by Gasteiger charge is 2.42. The van der Waals surface area contributed by atoms with Crippen LogP contribution >= 0.6 is 0 Å². The van der Waals surface area contributed by atoms with Crippen molar-refractivity contribution >= 4 is 15.9 Å². The third-order valence-corrected chi connectivity index (χ3v) is 8.13. The first-order valence-electron chi connectivity index (χ1n) is 10.4. The SMILES string of the molecule is Cc1ccc(C)c(S(=O)(=O)N2Cc3ccccc3CC2C(=O)N2CCCC(O)C2)c1. The molecule has 0 aliphatic carbocycles. The van der Waals surface area contributed by atoms with Crippen LogP contribution in [-0.4, -0.2) is 53.9 Å². The molecule has 0 bridgehead atoms. The van der Waals surface area contributed by atoms with Crippen LogP contribution in [0.5, 0.6) is 0 Å². The zero-order chi connectivity index (χ0) is 21.5. The molecule has 0 saturated carbocycles. The molecule has 4 rings (SSSR count). The van der Waals surface area contributed by atoms with E-state index in [9.17, 15) is 18.3 Å². The van der Waals surface area contributed by atoms with Gasteiger partial charge in [0.2, 0.25) is 15.9 Å². The standard InChI is InChI=1S/C23H28N2O4S/c1-16-9-10-17(2)22(12-16)30(28,29)25-14-19-7-4-3-6-18(19)13-21(25)23(27)24-11-5-8-20(26)15-24/h3-4,6-7,9-10,12,20-21,26H,5,8,11,13-15H2,1-2H3. The number of aliphatic hydroxyl groups is 1. The molecule has 0 radical (unpaired) electrons. The highest BCUT2D eigenvalue weighted by atomic mass is 32.2. The summed E-state index contributed by atoms with van der Waals surface area (Å²) >= 11 is 0. The van der Waals surface area contributed by atoms with Gasteiger partial charge in [-0.05, 0) is 61.4 Å². The Hall–Kier alpha value is -2.22. The molecule has 2 aromatic carbocycles. The molecule has 160 valence electrons. The van der Waals surface area contributed by atoms with Gasteiger partial charge in [0.05, 0.1) is 11.0 Å². The van der Waals surface area contributed by atoms with Crippen molar-refractivity contribution in [3.05, 3.63) is 64.7 Å². The van der Waals surface area contributed by atoms with Gasteiger partial charge in [-0.1, -0.05) is 36.4 Å². The molecule has 2 atom stereocenters. The topological polar surface area (TPSA) is 77.9 Å². The summed E-state index contributed by atoms with van der Waals surface area (Å²) in [5.74, 6) is -0.225.